The summed E-state index contributed by atoms with van der Waals surface area (Å²) in [7, 11) is 0. The molecule has 16 heavy (non-hydrogen) atoms. The summed E-state index contributed by atoms with van der Waals surface area (Å²) in [5.41, 5.74) is 2.42. The minimum atomic E-state index is -0.317. The molecule has 0 bridgehead atoms. The van der Waals surface area contributed by atoms with E-state index in [0.717, 1.165) is 17.7 Å². The zero-order chi connectivity index (χ0) is 10.8. The number of hydrogen-bond acceptors (Lipinski definition) is 4. The Labute approximate surface area is 100 Å². The summed E-state index contributed by atoms with van der Waals surface area (Å²) in [5, 5.41) is 10.2. The van der Waals surface area contributed by atoms with E-state index in [1.807, 2.05) is 0 Å². The Morgan fingerprint density at radius 2 is 2.38 bits per heavy atom. The van der Waals surface area contributed by atoms with E-state index in [-0.39, 0.29) is 18.4 Å². The number of esters is 1. The van der Waals surface area contributed by atoms with Gasteiger partial charge in [0.25, 0.3) is 0 Å². The lowest BCUT2D eigenvalue weighted by atomic mass is 10.0. The fraction of sp³-hybridized carbons (Fsp3) is 0.600. The molecule has 1 atom stereocenters. The molecule has 0 fully saturated rings. The number of carbonyl (C=O) groups excluding carboxylic acids is 1. The minimum absolute atomic E-state index is 0. The van der Waals surface area contributed by atoms with Crippen molar-refractivity contribution in [2.24, 2.45) is 0 Å². The van der Waals surface area contributed by atoms with Crippen molar-refractivity contribution in [2.45, 2.75) is 32.9 Å². The number of H-pyrrole nitrogens is 1. The van der Waals surface area contributed by atoms with E-state index < -0.39 is 0 Å². The van der Waals surface area contributed by atoms with E-state index in [0.29, 0.717) is 24.9 Å². The van der Waals surface area contributed by atoms with Gasteiger partial charge in [-0.05, 0) is 13.8 Å². The first kappa shape index (κ1) is 13.0. The molecule has 0 spiro atoms. The van der Waals surface area contributed by atoms with Crippen molar-refractivity contribution in [3.05, 3.63) is 17.0 Å². The van der Waals surface area contributed by atoms with Crippen LogP contribution in [0.15, 0.2) is 0 Å². The van der Waals surface area contributed by atoms with Gasteiger partial charge in [-0.25, -0.2) is 4.79 Å². The van der Waals surface area contributed by atoms with Crippen LogP contribution in [0.3, 0.4) is 0 Å². The van der Waals surface area contributed by atoms with Crippen molar-refractivity contribution in [1.82, 2.24) is 15.5 Å². The van der Waals surface area contributed by atoms with Gasteiger partial charge >= 0.3 is 5.97 Å². The molecule has 0 amide bonds. The van der Waals surface area contributed by atoms with Gasteiger partial charge in [-0.15, -0.1) is 12.4 Å². The molecule has 1 aliphatic heterocycles. The van der Waals surface area contributed by atoms with Gasteiger partial charge in [-0.3, -0.25) is 5.10 Å². The molecule has 2 rings (SSSR count). The maximum Gasteiger partial charge on any atom is 0.356 e. The average molecular weight is 246 g/mol. The number of halogens is 1. The summed E-state index contributed by atoms with van der Waals surface area (Å²) < 4.78 is 4.94. The lowest BCUT2D eigenvalue weighted by Crippen LogP contribution is -2.33. The predicted molar refractivity (Wildman–Crippen MR) is 61.8 cm³/mol. The quantitative estimate of drug-likeness (QED) is 0.765. The van der Waals surface area contributed by atoms with Crippen LogP contribution in [0.5, 0.6) is 0 Å². The first-order valence-corrected chi connectivity index (χ1v) is 5.19. The molecule has 2 N–H and O–H groups in total. The van der Waals surface area contributed by atoms with Crippen molar-refractivity contribution in [3.8, 4) is 0 Å². The largest absolute Gasteiger partial charge is 0.461 e. The Kier molecular flexibility index (Phi) is 4.32. The number of ether oxygens (including phenoxy) is 1. The lowest BCUT2D eigenvalue weighted by Gasteiger charge is -2.19. The lowest BCUT2D eigenvalue weighted by molar-refractivity contribution is 0.0518. The maximum absolute atomic E-state index is 11.5. The van der Waals surface area contributed by atoms with Crippen LogP contribution in [0.4, 0.5) is 0 Å². The Hall–Kier alpha value is -1.07. The second-order valence-electron chi connectivity index (χ2n) is 3.73. The normalized spacial score (nSPS) is 18.5. The fourth-order valence-electron chi connectivity index (χ4n) is 1.77. The highest BCUT2D eigenvalue weighted by Crippen LogP contribution is 2.18. The average Bonchev–Trinajstić information content (AvgIpc) is 2.60. The van der Waals surface area contributed by atoms with Gasteiger partial charge in [-0.2, -0.15) is 5.10 Å². The molecule has 0 unspecified atom stereocenters. The van der Waals surface area contributed by atoms with Crippen LogP contribution in [0.1, 0.15) is 35.6 Å². The molecule has 1 aromatic rings. The smallest absolute Gasteiger partial charge is 0.356 e. The van der Waals surface area contributed by atoms with Gasteiger partial charge in [-0.1, -0.05) is 0 Å². The highest BCUT2D eigenvalue weighted by molar-refractivity contribution is 5.89. The number of nitrogens with zero attached hydrogens (tertiary/aromatic N) is 1. The number of hydrogen-bond donors (Lipinski definition) is 2. The number of rotatable bonds is 2. The molecule has 0 saturated carbocycles. The summed E-state index contributed by atoms with van der Waals surface area (Å²) >= 11 is 0. The van der Waals surface area contributed by atoms with Crippen LogP contribution in [0.2, 0.25) is 0 Å². The molecule has 2 heterocycles. The van der Waals surface area contributed by atoms with Crippen molar-refractivity contribution in [2.75, 3.05) is 6.61 Å². The summed E-state index contributed by atoms with van der Waals surface area (Å²) in [4.78, 5) is 11.5. The Balaban J connectivity index is 0.00000128. The summed E-state index contributed by atoms with van der Waals surface area (Å²) in [6, 6.07) is 0.413. The van der Waals surface area contributed by atoms with Gasteiger partial charge in [0, 0.05) is 24.6 Å². The maximum atomic E-state index is 11.5. The Morgan fingerprint density at radius 1 is 1.62 bits per heavy atom. The monoisotopic (exact) mass is 245 g/mol. The number of nitrogens with one attached hydrogen (secondary N) is 2. The van der Waals surface area contributed by atoms with E-state index in [2.05, 4.69) is 22.4 Å². The van der Waals surface area contributed by atoms with E-state index >= 15 is 0 Å². The molecule has 6 heteroatoms. The van der Waals surface area contributed by atoms with Crippen LogP contribution in [-0.4, -0.2) is 28.8 Å². The Bertz CT molecular complexity index is 378. The molecular weight excluding hydrogens is 230 g/mol. The van der Waals surface area contributed by atoms with Gasteiger partial charge in [0.15, 0.2) is 0 Å². The van der Waals surface area contributed by atoms with Gasteiger partial charge < -0.3 is 10.1 Å². The number of aromatic amines is 1. The molecule has 90 valence electrons. The molecular formula is C10H16ClN3O2. The van der Waals surface area contributed by atoms with E-state index in [1.54, 1.807) is 6.92 Å². The third-order valence-corrected chi connectivity index (χ3v) is 2.56. The van der Waals surface area contributed by atoms with Crippen LogP contribution < -0.4 is 5.32 Å². The summed E-state index contributed by atoms with van der Waals surface area (Å²) in [6.07, 6.45) is 0.852. The highest BCUT2D eigenvalue weighted by Gasteiger charge is 2.24. The molecule has 0 radical (unpaired) electrons. The van der Waals surface area contributed by atoms with Crippen molar-refractivity contribution >= 4 is 18.4 Å². The van der Waals surface area contributed by atoms with Gasteiger partial charge in [0.2, 0.25) is 0 Å². The third-order valence-electron chi connectivity index (χ3n) is 2.56. The molecule has 1 aromatic heterocycles. The van der Waals surface area contributed by atoms with E-state index in [4.69, 9.17) is 4.74 Å². The zero-order valence-corrected chi connectivity index (χ0v) is 10.2. The van der Waals surface area contributed by atoms with Gasteiger partial charge in [0.05, 0.1) is 12.3 Å². The first-order valence-electron chi connectivity index (χ1n) is 5.19. The van der Waals surface area contributed by atoms with Crippen molar-refractivity contribution in [3.63, 3.8) is 0 Å². The standard InChI is InChI=1S/C10H15N3O2.ClH/c1-3-15-10(14)9-7-5-11-6(2)4-8(7)12-13-9;/h6,11H,3-5H2,1-2H3,(H,12,13);1H/t6-;/m1./s1. The summed E-state index contributed by atoms with van der Waals surface area (Å²) in [5.74, 6) is -0.317. The molecule has 0 aliphatic carbocycles. The van der Waals surface area contributed by atoms with Crippen LogP contribution in [-0.2, 0) is 17.7 Å². The van der Waals surface area contributed by atoms with Crippen molar-refractivity contribution in [1.29, 1.82) is 0 Å². The second-order valence-corrected chi connectivity index (χ2v) is 3.73. The number of fused-ring (bicyclic) bond motifs is 1. The third kappa shape index (κ3) is 2.36. The number of carbonyl (C=O) groups is 1. The van der Waals surface area contributed by atoms with Crippen LogP contribution in [0, 0.1) is 0 Å². The SMILES string of the molecule is CCOC(=O)c1[nH]nc2c1CN[C@H](C)C2.Cl. The zero-order valence-electron chi connectivity index (χ0n) is 9.37. The minimum Gasteiger partial charge on any atom is -0.461 e. The first-order chi connectivity index (χ1) is 7.22. The topological polar surface area (TPSA) is 67.0 Å². The predicted octanol–water partition coefficient (Wildman–Crippen LogP) is 1.04. The fourth-order valence-corrected chi connectivity index (χ4v) is 1.77. The Morgan fingerprint density at radius 3 is 3.06 bits per heavy atom. The van der Waals surface area contributed by atoms with Crippen molar-refractivity contribution < 1.29 is 9.53 Å². The van der Waals surface area contributed by atoms with E-state index in [9.17, 15) is 4.79 Å². The van der Waals surface area contributed by atoms with Crippen LogP contribution in [0.25, 0.3) is 0 Å². The second kappa shape index (κ2) is 5.32. The molecule has 5 nitrogen and oxygen atoms in total. The molecule has 0 saturated heterocycles. The molecule has 1 aliphatic rings. The van der Waals surface area contributed by atoms with Gasteiger partial charge in [0.1, 0.15) is 5.69 Å². The van der Waals surface area contributed by atoms with E-state index in [1.165, 1.54) is 0 Å². The summed E-state index contributed by atoms with van der Waals surface area (Å²) in [6.45, 7) is 4.96. The van der Waals surface area contributed by atoms with Crippen LogP contribution >= 0.6 is 12.4 Å². The molecule has 0 aromatic carbocycles. The highest BCUT2D eigenvalue weighted by atomic mass is 35.5. The number of aromatic nitrogens is 2.